The molecule has 0 saturated heterocycles. The number of likely N-dealkylation sites (N-methyl/N-ethyl adjacent to an activating group) is 1. The van der Waals surface area contributed by atoms with E-state index in [9.17, 15) is 0 Å². The number of benzene rings is 2. The van der Waals surface area contributed by atoms with Crippen molar-refractivity contribution < 1.29 is 9.72 Å². The highest BCUT2D eigenvalue weighted by Gasteiger charge is 2.15. The van der Waals surface area contributed by atoms with Gasteiger partial charge in [-0.1, -0.05) is 17.1 Å². The van der Waals surface area contributed by atoms with Gasteiger partial charge in [0.2, 0.25) is 11.5 Å². The molecule has 0 atom stereocenters. The summed E-state index contributed by atoms with van der Waals surface area (Å²) in [7, 11) is 4.04. The molecule has 0 saturated carbocycles. The second-order valence-corrected chi connectivity index (χ2v) is 7.66. The Bertz CT molecular complexity index is 1230. The van der Waals surface area contributed by atoms with E-state index in [4.69, 9.17) is 15.0 Å². The van der Waals surface area contributed by atoms with Gasteiger partial charge in [0.15, 0.2) is 0 Å². The standard InChI is InChI=1S/C24H25N7O/c1-31(2)14-15-32-20-8-6-18(7-9-20)28-24-29-22-21(11-13-26-22)23(30-24)27-19-5-3-4-17(16-19)10-12-25/h3-9,11,13,16H,10,14-15H2,1-2H3,(H3,26,27,28,29,30)/p+1. The van der Waals surface area contributed by atoms with Gasteiger partial charge in [-0.3, -0.25) is 10.3 Å². The predicted molar refractivity (Wildman–Crippen MR) is 125 cm³/mol. The fourth-order valence-electron chi connectivity index (χ4n) is 3.25. The first-order chi connectivity index (χ1) is 15.6. The monoisotopic (exact) mass is 428 g/mol. The molecule has 2 heterocycles. The summed E-state index contributed by atoms with van der Waals surface area (Å²) in [4.78, 5) is 13.3. The topological polar surface area (TPSA) is 103 Å². The van der Waals surface area contributed by atoms with Gasteiger partial charge < -0.3 is 15.0 Å². The number of fused-ring (bicyclic) bond motifs is 1. The van der Waals surface area contributed by atoms with Crippen molar-refractivity contribution in [1.82, 2.24) is 14.9 Å². The van der Waals surface area contributed by atoms with Gasteiger partial charge in [0.1, 0.15) is 12.4 Å². The van der Waals surface area contributed by atoms with E-state index >= 15 is 0 Å². The quantitative estimate of drug-likeness (QED) is 0.374. The summed E-state index contributed by atoms with van der Waals surface area (Å²) in [5, 5.41) is 16.6. The van der Waals surface area contributed by atoms with Crippen LogP contribution < -0.4 is 20.4 Å². The van der Waals surface area contributed by atoms with Gasteiger partial charge in [0.25, 0.3) is 0 Å². The van der Waals surface area contributed by atoms with E-state index in [-0.39, 0.29) is 0 Å². The van der Waals surface area contributed by atoms with Crippen LogP contribution in [-0.2, 0) is 6.42 Å². The lowest BCUT2D eigenvalue weighted by atomic mass is 10.1. The van der Waals surface area contributed by atoms with Crippen LogP contribution >= 0.6 is 0 Å². The van der Waals surface area contributed by atoms with Crippen molar-refractivity contribution in [1.29, 1.82) is 5.26 Å². The molecule has 4 rings (SSSR count). The minimum absolute atomic E-state index is 0.368. The van der Waals surface area contributed by atoms with Crippen molar-refractivity contribution in [3.05, 3.63) is 66.4 Å². The van der Waals surface area contributed by atoms with Crippen molar-refractivity contribution in [2.75, 3.05) is 37.9 Å². The lowest BCUT2D eigenvalue weighted by Crippen LogP contribution is -2.19. The van der Waals surface area contributed by atoms with E-state index < -0.39 is 0 Å². The molecule has 0 bridgehead atoms. The second-order valence-electron chi connectivity index (χ2n) is 7.66. The maximum Gasteiger partial charge on any atom is 0.351 e. The Morgan fingerprint density at radius 2 is 1.94 bits per heavy atom. The van der Waals surface area contributed by atoms with E-state index in [0.717, 1.165) is 40.3 Å². The van der Waals surface area contributed by atoms with Gasteiger partial charge >= 0.3 is 5.95 Å². The van der Waals surface area contributed by atoms with E-state index in [0.29, 0.717) is 24.8 Å². The second kappa shape index (κ2) is 9.81. The van der Waals surface area contributed by atoms with Crippen LogP contribution in [0, 0.1) is 11.3 Å². The maximum atomic E-state index is 8.96. The summed E-state index contributed by atoms with van der Waals surface area (Å²) < 4.78 is 5.75. The zero-order chi connectivity index (χ0) is 22.3. The molecular weight excluding hydrogens is 402 g/mol. The summed E-state index contributed by atoms with van der Waals surface area (Å²) in [6.45, 7) is 1.51. The number of anilines is 4. The largest absolute Gasteiger partial charge is 0.492 e. The number of H-pyrrole nitrogens is 2. The average molecular weight is 429 g/mol. The van der Waals surface area contributed by atoms with Gasteiger partial charge in [-0.2, -0.15) is 5.26 Å². The molecule has 2 aromatic carbocycles. The van der Waals surface area contributed by atoms with Crippen LogP contribution in [0.5, 0.6) is 5.75 Å². The molecule has 162 valence electrons. The Morgan fingerprint density at radius 3 is 2.72 bits per heavy atom. The first-order valence-electron chi connectivity index (χ1n) is 10.4. The van der Waals surface area contributed by atoms with Gasteiger partial charge in [-0.25, -0.2) is 4.98 Å². The SMILES string of the molecule is CN(C)CCOc1ccc(Nc2nc(Nc3cccc(CC#N)c3)c3cc[nH]c3[nH+]2)cc1. The molecule has 8 nitrogen and oxygen atoms in total. The van der Waals surface area contributed by atoms with Crippen LogP contribution in [0.1, 0.15) is 5.56 Å². The summed E-state index contributed by atoms with van der Waals surface area (Å²) in [6, 6.07) is 19.7. The number of aromatic amines is 2. The molecule has 0 fully saturated rings. The zero-order valence-corrected chi connectivity index (χ0v) is 18.1. The van der Waals surface area contributed by atoms with E-state index in [1.807, 2.05) is 74.9 Å². The third-order valence-corrected chi connectivity index (χ3v) is 4.87. The maximum absolute atomic E-state index is 8.96. The molecule has 0 radical (unpaired) electrons. The highest BCUT2D eigenvalue weighted by molar-refractivity contribution is 5.87. The van der Waals surface area contributed by atoms with E-state index in [2.05, 4.69) is 31.6 Å². The fourth-order valence-corrected chi connectivity index (χ4v) is 3.25. The Hall–Kier alpha value is -4.09. The van der Waals surface area contributed by atoms with Crippen molar-refractivity contribution >= 4 is 34.2 Å². The van der Waals surface area contributed by atoms with Crippen molar-refractivity contribution in [2.45, 2.75) is 6.42 Å². The van der Waals surface area contributed by atoms with Gasteiger partial charge in [0, 0.05) is 18.4 Å². The molecule has 0 aliphatic carbocycles. The van der Waals surface area contributed by atoms with Crippen LogP contribution in [-0.4, -0.2) is 42.1 Å². The minimum Gasteiger partial charge on any atom is -0.492 e. The van der Waals surface area contributed by atoms with Crippen molar-refractivity contribution in [3.8, 4) is 11.8 Å². The molecule has 0 aliphatic rings. The molecule has 32 heavy (non-hydrogen) atoms. The van der Waals surface area contributed by atoms with Crippen LogP contribution in [0.3, 0.4) is 0 Å². The minimum atomic E-state index is 0.368. The van der Waals surface area contributed by atoms with Crippen molar-refractivity contribution in [2.24, 2.45) is 0 Å². The summed E-state index contributed by atoms with van der Waals surface area (Å²) in [5.74, 6) is 2.13. The normalized spacial score (nSPS) is 10.8. The number of hydrogen-bond donors (Lipinski definition) is 3. The number of nitrogens with zero attached hydrogens (tertiary/aromatic N) is 3. The highest BCUT2D eigenvalue weighted by Crippen LogP contribution is 2.25. The summed E-state index contributed by atoms with van der Waals surface area (Å²) in [5.41, 5.74) is 3.57. The molecule has 4 N–H and O–H groups in total. The lowest BCUT2D eigenvalue weighted by Gasteiger charge is -2.11. The van der Waals surface area contributed by atoms with Crippen LogP contribution in [0.2, 0.25) is 0 Å². The highest BCUT2D eigenvalue weighted by atomic mass is 16.5. The molecule has 4 aromatic rings. The molecule has 0 unspecified atom stereocenters. The summed E-state index contributed by atoms with van der Waals surface area (Å²) in [6.07, 6.45) is 2.23. The molecule has 2 aromatic heterocycles. The smallest absolute Gasteiger partial charge is 0.351 e. The Balaban J connectivity index is 1.52. The van der Waals surface area contributed by atoms with Gasteiger partial charge in [0.05, 0.1) is 23.6 Å². The third kappa shape index (κ3) is 5.33. The Morgan fingerprint density at radius 1 is 1.09 bits per heavy atom. The molecule has 8 heteroatoms. The van der Waals surface area contributed by atoms with Gasteiger partial charge in [-0.05, 0) is 62.1 Å². The van der Waals surface area contributed by atoms with Gasteiger partial charge in [-0.15, -0.1) is 0 Å². The van der Waals surface area contributed by atoms with Crippen LogP contribution in [0.25, 0.3) is 11.0 Å². The number of ether oxygens (including phenoxy) is 1. The molecular formula is C24H26N7O+. The Kier molecular flexibility index (Phi) is 6.49. The number of nitriles is 1. The first kappa shape index (κ1) is 21.2. The fraction of sp³-hybridized carbons (Fsp3) is 0.208. The average Bonchev–Trinajstić information content (AvgIpc) is 3.24. The number of hydrogen-bond acceptors (Lipinski definition) is 6. The number of nitrogens with one attached hydrogen (secondary N) is 4. The first-order valence-corrected chi connectivity index (χ1v) is 10.4. The number of rotatable bonds is 9. The lowest BCUT2D eigenvalue weighted by molar-refractivity contribution is -0.333. The van der Waals surface area contributed by atoms with Crippen molar-refractivity contribution in [3.63, 3.8) is 0 Å². The molecule has 0 aliphatic heterocycles. The van der Waals surface area contributed by atoms with Crippen LogP contribution in [0.15, 0.2) is 60.8 Å². The Labute approximate surface area is 186 Å². The zero-order valence-electron chi connectivity index (χ0n) is 18.1. The molecule has 0 spiro atoms. The molecule has 0 amide bonds. The number of aromatic nitrogens is 3. The third-order valence-electron chi connectivity index (χ3n) is 4.87. The van der Waals surface area contributed by atoms with E-state index in [1.165, 1.54) is 0 Å². The summed E-state index contributed by atoms with van der Waals surface area (Å²) >= 11 is 0. The predicted octanol–water partition coefficient (Wildman–Crippen LogP) is 3.87. The van der Waals surface area contributed by atoms with E-state index in [1.54, 1.807) is 0 Å². The van der Waals surface area contributed by atoms with Crippen LogP contribution in [0.4, 0.5) is 23.1 Å².